The van der Waals surface area contributed by atoms with Gasteiger partial charge in [-0.15, -0.1) is 0 Å². The van der Waals surface area contributed by atoms with Crippen molar-refractivity contribution in [3.63, 3.8) is 0 Å². The molecule has 1 aromatic carbocycles. The summed E-state index contributed by atoms with van der Waals surface area (Å²) in [6.45, 7) is 7.13. The Morgan fingerprint density at radius 1 is 0.541 bits per heavy atom. The van der Waals surface area contributed by atoms with Crippen LogP contribution in [0.1, 0.15) is 149 Å². The maximum atomic E-state index is 12.6. The molecule has 0 amide bonds. The van der Waals surface area contributed by atoms with Gasteiger partial charge in [-0.05, 0) is 31.4 Å². The number of carbonyl (C=O) groups excluding carboxylic acids is 2. The molecule has 5 nitrogen and oxygen atoms in total. The molecule has 0 aromatic heterocycles. The van der Waals surface area contributed by atoms with Crippen LogP contribution in [-0.4, -0.2) is 18.5 Å². The van der Waals surface area contributed by atoms with E-state index < -0.39 is 0 Å². The fraction of sp³-hybridized carbons (Fsp3) is 0.750. The van der Waals surface area contributed by atoms with E-state index in [0.717, 1.165) is 51.4 Å². The van der Waals surface area contributed by atoms with Gasteiger partial charge in [0.25, 0.3) is 0 Å². The van der Waals surface area contributed by atoms with Gasteiger partial charge in [-0.3, -0.25) is 9.59 Å². The number of para-hydroxylation sites is 1. The monoisotopic (exact) mass is 518 g/mol. The molecule has 0 saturated carbocycles. The van der Waals surface area contributed by atoms with Gasteiger partial charge in [0.2, 0.25) is 5.75 Å². The first kappa shape index (κ1) is 33.0. The zero-order valence-electron chi connectivity index (χ0n) is 24.1. The third-order valence-electron chi connectivity index (χ3n) is 6.61. The first-order valence-corrected chi connectivity index (χ1v) is 15.3. The molecule has 0 spiro atoms. The Morgan fingerprint density at radius 3 is 1.51 bits per heavy atom. The number of benzene rings is 1. The molecule has 0 unspecified atom stereocenters. The van der Waals surface area contributed by atoms with Crippen LogP contribution in [0.5, 0.6) is 17.2 Å². The van der Waals surface area contributed by atoms with Crippen molar-refractivity contribution >= 4 is 11.9 Å². The summed E-state index contributed by atoms with van der Waals surface area (Å²) in [7, 11) is 0. The Morgan fingerprint density at radius 2 is 0.973 bits per heavy atom. The fourth-order valence-electron chi connectivity index (χ4n) is 4.29. The number of ether oxygens (including phenoxy) is 3. The second-order valence-electron chi connectivity index (χ2n) is 10.2. The van der Waals surface area contributed by atoms with E-state index in [-0.39, 0.29) is 23.4 Å². The molecule has 0 aliphatic heterocycles. The molecule has 1 aromatic rings. The molecule has 0 aliphatic carbocycles. The van der Waals surface area contributed by atoms with Crippen molar-refractivity contribution in [2.45, 2.75) is 149 Å². The number of carbonyl (C=O) groups is 2. The van der Waals surface area contributed by atoms with Crippen LogP contribution in [0.4, 0.5) is 0 Å². The van der Waals surface area contributed by atoms with Gasteiger partial charge in [-0.1, -0.05) is 123 Å². The van der Waals surface area contributed by atoms with Crippen LogP contribution in [0.15, 0.2) is 18.2 Å². The minimum absolute atomic E-state index is 0.236. The van der Waals surface area contributed by atoms with E-state index in [1.165, 1.54) is 64.2 Å². The van der Waals surface area contributed by atoms with Gasteiger partial charge in [0.15, 0.2) is 11.5 Å². The standard InChI is InChI=1S/C32H54O5/c1-4-7-10-13-14-15-18-21-27-35-28-23-22-24-29(36-30(33)25-19-16-11-8-5-2)32(28)37-31(34)26-20-17-12-9-6-3/h22-24H,4-21,25-27H2,1-3H3. The van der Waals surface area contributed by atoms with Crippen molar-refractivity contribution in [1.29, 1.82) is 0 Å². The summed E-state index contributed by atoms with van der Waals surface area (Å²) in [5.41, 5.74) is 0. The Balaban J connectivity index is 2.66. The quantitative estimate of drug-likeness (QED) is 0.0774. The summed E-state index contributed by atoms with van der Waals surface area (Å²) in [6.07, 6.45) is 21.1. The molecule has 0 fully saturated rings. The van der Waals surface area contributed by atoms with E-state index in [2.05, 4.69) is 20.8 Å². The number of hydrogen-bond acceptors (Lipinski definition) is 5. The first-order chi connectivity index (χ1) is 18.1. The highest BCUT2D eigenvalue weighted by atomic mass is 16.6. The molecule has 0 N–H and O–H groups in total. The van der Waals surface area contributed by atoms with Crippen molar-refractivity contribution in [2.75, 3.05) is 6.61 Å². The zero-order valence-corrected chi connectivity index (χ0v) is 24.1. The Labute approximate surface area is 227 Å². The van der Waals surface area contributed by atoms with Crippen LogP contribution in [0, 0.1) is 0 Å². The average molecular weight is 519 g/mol. The third kappa shape index (κ3) is 17.2. The van der Waals surface area contributed by atoms with Crippen LogP contribution >= 0.6 is 0 Å². The molecule has 1 rings (SSSR count). The maximum Gasteiger partial charge on any atom is 0.311 e. The third-order valence-corrected chi connectivity index (χ3v) is 6.61. The van der Waals surface area contributed by atoms with Crippen molar-refractivity contribution < 1.29 is 23.8 Å². The van der Waals surface area contributed by atoms with E-state index in [0.29, 0.717) is 25.2 Å². The lowest BCUT2D eigenvalue weighted by atomic mass is 10.1. The van der Waals surface area contributed by atoms with Gasteiger partial charge < -0.3 is 14.2 Å². The zero-order chi connectivity index (χ0) is 27.0. The van der Waals surface area contributed by atoms with Crippen molar-refractivity contribution in [3.8, 4) is 17.2 Å². The van der Waals surface area contributed by atoms with Crippen molar-refractivity contribution in [3.05, 3.63) is 18.2 Å². The highest BCUT2D eigenvalue weighted by Crippen LogP contribution is 2.38. The van der Waals surface area contributed by atoms with Crippen LogP contribution in [-0.2, 0) is 9.59 Å². The summed E-state index contributed by atoms with van der Waals surface area (Å²) in [5.74, 6) is 0.367. The SMILES string of the molecule is CCCCCCCCCCOc1cccc(OC(=O)CCCCCCC)c1OC(=O)CCCCCCC. The lowest BCUT2D eigenvalue weighted by molar-refractivity contribution is -0.137. The van der Waals surface area contributed by atoms with Crippen molar-refractivity contribution in [2.24, 2.45) is 0 Å². The summed E-state index contributed by atoms with van der Waals surface area (Å²) in [6, 6.07) is 5.26. The minimum atomic E-state index is -0.309. The number of unbranched alkanes of at least 4 members (excludes halogenated alkanes) is 15. The molecule has 0 bridgehead atoms. The second-order valence-corrected chi connectivity index (χ2v) is 10.2. The van der Waals surface area contributed by atoms with Gasteiger partial charge in [0.1, 0.15) is 0 Å². The van der Waals surface area contributed by atoms with Crippen LogP contribution in [0.25, 0.3) is 0 Å². The number of hydrogen-bond donors (Lipinski definition) is 0. The van der Waals surface area contributed by atoms with E-state index in [1.807, 2.05) is 0 Å². The molecule has 0 saturated heterocycles. The summed E-state index contributed by atoms with van der Waals surface area (Å²) in [5, 5.41) is 0. The van der Waals surface area contributed by atoms with E-state index in [4.69, 9.17) is 14.2 Å². The first-order valence-electron chi connectivity index (χ1n) is 15.3. The smallest absolute Gasteiger partial charge is 0.311 e. The van der Waals surface area contributed by atoms with E-state index >= 15 is 0 Å². The Hall–Kier alpha value is -2.04. The highest BCUT2D eigenvalue weighted by Gasteiger charge is 2.19. The molecule has 0 atom stereocenters. The summed E-state index contributed by atoms with van der Waals surface area (Å²) in [4.78, 5) is 25.1. The molecule has 37 heavy (non-hydrogen) atoms. The van der Waals surface area contributed by atoms with Crippen LogP contribution in [0.3, 0.4) is 0 Å². The number of rotatable bonds is 24. The van der Waals surface area contributed by atoms with Gasteiger partial charge >= 0.3 is 11.9 Å². The average Bonchev–Trinajstić information content (AvgIpc) is 2.89. The lowest BCUT2D eigenvalue weighted by Gasteiger charge is -2.15. The van der Waals surface area contributed by atoms with Gasteiger partial charge in [-0.25, -0.2) is 0 Å². The normalized spacial score (nSPS) is 10.9. The Bertz CT molecular complexity index is 715. The van der Waals surface area contributed by atoms with Gasteiger partial charge in [-0.2, -0.15) is 0 Å². The molecule has 212 valence electrons. The molecule has 0 radical (unpaired) electrons. The molecular weight excluding hydrogens is 464 g/mol. The van der Waals surface area contributed by atoms with Crippen molar-refractivity contribution in [1.82, 2.24) is 0 Å². The second kappa shape index (κ2) is 23.1. The number of esters is 2. The molecular formula is C32H54O5. The van der Waals surface area contributed by atoms with Crippen LogP contribution in [0.2, 0.25) is 0 Å². The summed E-state index contributed by atoms with van der Waals surface area (Å²) >= 11 is 0. The highest BCUT2D eigenvalue weighted by molar-refractivity contribution is 5.77. The molecule has 0 heterocycles. The maximum absolute atomic E-state index is 12.6. The largest absolute Gasteiger partial charge is 0.490 e. The predicted octanol–water partition coefficient (Wildman–Crippen LogP) is 9.74. The predicted molar refractivity (Wildman–Crippen MR) is 153 cm³/mol. The lowest BCUT2D eigenvalue weighted by Crippen LogP contribution is -2.13. The van der Waals surface area contributed by atoms with E-state index in [9.17, 15) is 9.59 Å². The van der Waals surface area contributed by atoms with E-state index in [1.54, 1.807) is 18.2 Å². The minimum Gasteiger partial charge on any atom is -0.490 e. The Kier molecular flexibility index (Phi) is 20.6. The topological polar surface area (TPSA) is 61.8 Å². The summed E-state index contributed by atoms with van der Waals surface area (Å²) < 4.78 is 17.4. The fourth-order valence-corrected chi connectivity index (χ4v) is 4.29. The van der Waals surface area contributed by atoms with Gasteiger partial charge in [0.05, 0.1) is 6.61 Å². The molecule has 5 heteroatoms. The van der Waals surface area contributed by atoms with Gasteiger partial charge in [0, 0.05) is 12.8 Å². The van der Waals surface area contributed by atoms with Crippen LogP contribution < -0.4 is 14.2 Å². The molecule has 0 aliphatic rings.